The lowest BCUT2D eigenvalue weighted by Crippen LogP contribution is -2.49. The minimum Gasteiger partial charge on any atom is -0.476 e. The van der Waals surface area contributed by atoms with Crippen LogP contribution in [0, 0.1) is 0 Å². The van der Waals surface area contributed by atoms with Gasteiger partial charge in [-0.3, -0.25) is 14.2 Å². The summed E-state index contributed by atoms with van der Waals surface area (Å²) in [5, 5.41) is 20.8. The van der Waals surface area contributed by atoms with Gasteiger partial charge >= 0.3 is 0 Å². The number of hydrogen-bond donors (Lipinski definition) is 1. The average Bonchev–Trinajstić information content (AvgIpc) is 3.57. The topological polar surface area (TPSA) is 120 Å². The largest absolute Gasteiger partial charge is 0.476 e. The molecule has 3 aromatic heterocycles. The summed E-state index contributed by atoms with van der Waals surface area (Å²) in [6.45, 7) is 1.99. The summed E-state index contributed by atoms with van der Waals surface area (Å²) in [7, 11) is 0. The van der Waals surface area contributed by atoms with Gasteiger partial charge < -0.3 is 14.7 Å². The van der Waals surface area contributed by atoms with Gasteiger partial charge in [-0.1, -0.05) is 11.6 Å². The van der Waals surface area contributed by atoms with E-state index in [-0.39, 0.29) is 18.0 Å². The van der Waals surface area contributed by atoms with Crippen LogP contribution in [0.5, 0.6) is 5.88 Å². The van der Waals surface area contributed by atoms with Gasteiger partial charge in [-0.25, -0.2) is 14.3 Å². The first-order chi connectivity index (χ1) is 16.9. The van der Waals surface area contributed by atoms with Crippen LogP contribution in [0.2, 0.25) is 5.02 Å². The Hall–Kier alpha value is -3.70. The predicted molar refractivity (Wildman–Crippen MR) is 126 cm³/mol. The molecule has 180 valence electrons. The predicted octanol–water partition coefficient (Wildman–Crippen LogP) is 1.49. The third-order valence-corrected chi connectivity index (χ3v) is 6.84. The maximum Gasteiger partial charge on any atom is 0.274 e. The first-order valence-electron chi connectivity index (χ1n) is 11.3. The summed E-state index contributed by atoms with van der Waals surface area (Å²) in [4.78, 5) is 32.1. The number of rotatable bonds is 4. The zero-order valence-corrected chi connectivity index (χ0v) is 19.4. The number of carbonyl (C=O) groups excluding carboxylic acids is 1. The fourth-order valence-electron chi connectivity index (χ4n) is 4.61. The molecule has 2 aliphatic heterocycles. The Kier molecular flexibility index (Phi) is 5.11. The molecule has 4 aromatic rings. The Morgan fingerprint density at radius 3 is 2.69 bits per heavy atom. The number of benzene rings is 1. The summed E-state index contributed by atoms with van der Waals surface area (Å²) in [6, 6.07) is 8.73. The number of hydrogen-bond acceptors (Lipinski definition) is 7. The smallest absolute Gasteiger partial charge is 0.274 e. The molecular formula is C23H22ClN7O4. The van der Waals surface area contributed by atoms with E-state index in [0.29, 0.717) is 66.7 Å². The molecule has 6 rings (SSSR count). The molecule has 0 radical (unpaired) electrons. The minimum atomic E-state index is -1.14. The lowest BCUT2D eigenvalue weighted by molar-refractivity contribution is -0.0300. The fourth-order valence-corrected chi connectivity index (χ4v) is 4.74. The van der Waals surface area contributed by atoms with Gasteiger partial charge in [-0.2, -0.15) is 10.2 Å². The van der Waals surface area contributed by atoms with Crippen molar-refractivity contribution in [2.45, 2.75) is 31.5 Å². The average molecular weight is 496 g/mol. The molecule has 0 unspecified atom stereocenters. The third-order valence-electron chi connectivity index (χ3n) is 6.59. The van der Waals surface area contributed by atoms with E-state index < -0.39 is 5.60 Å². The number of fused-ring (bicyclic) bond motifs is 2. The Labute approximate surface area is 204 Å². The first-order valence-corrected chi connectivity index (χ1v) is 11.7. The van der Waals surface area contributed by atoms with Crippen LogP contribution in [0.25, 0.3) is 16.7 Å². The molecule has 0 aliphatic carbocycles. The van der Waals surface area contributed by atoms with Crippen LogP contribution in [0.4, 0.5) is 0 Å². The van der Waals surface area contributed by atoms with Crippen LogP contribution in [0.1, 0.15) is 23.3 Å². The Bertz CT molecular complexity index is 1460. The molecule has 0 atom stereocenters. The zero-order chi connectivity index (χ0) is 24.2. The first kappa shape index (κ1) is 21.8. The monoisotopic (exact) mass is 495 g/mol. The van der Waals surface area contributed by atoms with Gasteiger partial charge in [-0.05, 0) is 37.1 Å². The maximum absolute atomic E-state index is 13.1. The number of aliphatic hydroxyl groups is 1. The van der Waals surface area contributed by atoms with Crippen LogP contribution >= 0.6 is 11.6 Å². The number of nitrogens with zero attached hydrogens (tertiary/aromatic N) is 7. The summed E-state index contributed by atoms with van der Waals surface area (Å²) >= 11 is 5.96. The fraction of sp³-hybridized carbons (Fsp3) is 0.348. The van der Waals surface area contributed by atoms with Crippen molar-refractivity contribution in [3.05, 3.63) is 63.9 Å². The van der Waals surface area contributed by atoms with Crippen LogP contribution in [-0.4, -0.2) is 70.3 Å². The third kappa shape index (κ3) is 3.86. The molecule has 11 nitrogen and oxygen atoms in total. The van der Waals surface area contributed by atoms with E-state index in [2.05, 4.69) is 15.2 Å². The van der Waals surface area contributed by atoms with E-state index in [1.165, 1.54) is 17.1 Å². The van der Waals surface area contributed by atoms with Crippen molar-refractivity contribution in [1.82, 2.24) is 34.0 Å². The number of amides is 1. The molecule has 0 saturated carbocycles. The summed E-state index contributed by atoms with van der Waals surface area (Å²) in [6.07, 6.45) is 3.57. The van der Waals surface area contributed by atoms with Crippen molar-refractivity contribution in [3.63, 3.8) is 0 Å². The molecule has 12 heteroatoms. The van der Waals surface area contributed by atoms with Crippen molar-refractivity contribution in [1.29, 1.82) is 0 Å². The summed E-state index contributed by atoms with van der Waals surface area (Å²) in [5.41, 5.74) is 0.0841. The van der Waals surface area contributed by atoms with Crippen molar-refractivity contribution in [2.75, 3.05) is 19.7 Å². The molecule has 5 heterocycles. The van der Waals surface area contributed by atoms with Crippen LogP contribution in [-0.2, 0) is 13.1 Å². The lowest BCUT2D eigenvalue weighted by Gasteiger charge is -2.38. The van der Waals surface area contributed by atoms with Gasteiger partial charge in [0.15, 0.2) is 11.3 Å². The van der Waals surface area contributed by atoms with Crippen molar-refractivity contribution >= 4 is 28.5 Å². The number of halogens is 1. The van der Waals surface area contributed by atoms with Gasteiger partial charge in [0.1, 0.15) is 18.3 Å². The van der Waals surface area contributed by atoms with Crippen molar-refractivity contribution in [3.8, 4) is 11.6 Å². The second-order valence-corrected chi connectivity index (χ2v) is 9.34. The number of carbonyl (C=O) groups is 1. The number of likely N-dealkylation sites (tertiary alicyclic amines) is 1. The number of piperidine rings is 1. The Morgan fingerprint density at radius 2 is 1.94 bits per heavy atom. The minimum absolute atomic E-state index is 0.0789. The summed E-state index contributed by atoms with van der Waals surface area (Å²) in [5.74, 6) is 0.413. The van der Waals surface area contributed by atoms with Crippen LogP contribution < -0.4 is 10.3 Å². The van der Waals surface area contributed by atoms with Gasteiger partial charge in [0.25, 0.3) is 11.5 Å². The summed E-state index contributed by atoms with van der Waals surface area (Å²) < 4.78 is 10.1. The second-order valence-electron chi connectivity index (χ2n) is 8.90. The molecule has 1 saturated heterocycles. The number of ether oxygens (including phenoxy) is 1. The molecule has 35 heavy (non-hydrogen) atoms. The highest BCUT2D eigenvalue weighted by Gasteiger charge is 2.36. The highest BCUT2D eigenvalue weighted by molar-refractivity contribution is 6.30. The molecule has 1 N–H and O–H groups in total. The lowest BCUT2D eigenvalue weighted by atomic mass is 9.91. The van der Waals surface area contributed by atoms with Crippen LogP contribution in [0.3, 0.4) is 0 Å². The molecular weight excluding hydrogens is 474 g/mol. The quantitative estimate of drug-likeness (QED) is 0.455. The molecule has 2 aliphatic rings. The molecule has 1 aromatic carbocycles. The van der Waals surface area contributed by atoms with E-state index in [9.17, 15) is 14.7 Å². The number of aromatic nitrogens is 6. The Balaban J connectivity index is 1.17. The van der Waals surface area contributed by atoms with Gasteiger partial charge in [0.2, 0.25) is 5.88 Å². The maximum atomic E-state index is 13.1. The zero-order valence-electron chi connectivity index (χ0n) is 18.7. The molecule has 0 spiro atoms. The van der Waals surface area contributed by atoms with E-state index in [1.807, 2.05) is 0 Å². The highest BCUT2D eigenvalue weighted by Crippen LogP contribution is 2.26. The molecule has 0 bridgehead atoms. The second kappa shape index (κ2) is 8.21. The van der Waals surface area contributed by atoms with Gasteiger partial charge in [0, 0.05) is 24.2 Å². The normalized spacial score (nSPS) is 16.9. The Morgan fingerprint density at radius 1 is 1.17 bits per heavy atom. The van der Waals surface area contributed by atoms with E-state index >= 15 is 0 Å². The molecule has 1 amide bonds. The van der Waals surface area contributed by atoms with Crippen molar-refractivity contribution in [2.24, 2.45) is 0 Å². The van der Waals surface area contributed by atoms with E-state index in [4.69, 9.17) is 16.3 Å². The van der Waals surface area contributed by atoms with E-state index in [1.54, 1.807) is 44.6 Å². The molecule has 1 fully saturated rings. The van der Waals surface area contributed by atoms with E-state index in [0.717, 1.165) is 5.69 Å². The van der Waals surface area contributed by atoms with Crippen LogP contribution in [0.15, 0.2) is 47.7 Å². The van der Waals surface area contributed by atoms with Gasteiger partial charge in [-0.15, -0.1) is 0 Å². The highest BCUT2D eigenvalue weighted by atomic mass is 35.5. The standard InChI is InChI=1S/C23H22ClN7O4/c24-15-1-3-16(4-2-15)31-20-17(12-26-31)21(32)29(14-25-20)13-23(34)5-7-28(8-6-23)22(33)18-11-19-30(27-18)9-10-35-19/h1-4,11-12,14,34H,5-10,13H2. The van der Waals surface area contributed by atoms with Crippen molar-refractivity contribution < 1.29 is 14.6 Å². The SMILES string of the molecule is O=C(c1cc2n(n1)CCO2)N1CCC(O)(Cn2cnc3c(cnn3-c3ccc(Cl)cc3)c2=O)CC1. The van der Waals surface area contributed by atoms with Gasteiger partial charge in [0.05, 0.1) is 30.6 Å².